The molecule has 0 fully saturated rings. The van der Waals surface area contributed by atoms with Crippen LogP contribution in [0.4, 0.5) is 26.3 Å². The van der Waals surface area contributed by atoms with Gasteiger partial charge in [0.1, 0.15) is 5.75 Å². The van der Waals surface area contributed by atoms with Crippen molar-refractivity contribution in [1.82, 2.24) is 15.0 Å². The van der Waals surface area contributed by atoms with Crippen molar-refractivity contribution in [2.45, 2.75) is 30.2 Å². The highest BCUT2D eigenvalue weighted by Crippen LogP contribution is 2.31. The van der Waals surface area contributed by atoms with Crippen LogP contribution in [0.15, 0.2) is 35.6 Å². The van der Waals surface area contributed by atoms with Gasteiger partial charge in [-0.3, -0.25) is 9.97 Å². The smallest absolute Gasteiger partial charge is 0.422 e. The lowest BCUT2D eigenvalue weighted by Gasteiger charge is -2.14. The van der Waals surface area contributed by atoms with E-state index in [2.05, 4.69) is 15.0 Å². The van der Waals surface area contributed by atoms with Gasteiger partial charge in [0.15, 0.2) is 12.4 Å². The fourth-order valence-electron chi connectivity index (χ4n) is 2.48. The number of aromatic amines is 1. The minimum Gasteiger partial charge on any atom is -0.609 e. The summed E-state index contributed by atoms with van der Waals surface area (Å²) in [6, 6.07) is 4.15. The zero-order valence-corrected chi connectivity index (χ0v) is 15.5. The quantitative estimate of drug-likeness (QED) is 0.470. The largest absolute Gasteiger partial charge is 0.609 e. The second-order valence-corrected chi connectivity index (χ2v) is 7.41. The molecule has 0 saturated heterocycles. The monoisotopic (exact) mass is 437 g/mol. The van der Waals surface area contributed by atoms with E-state index in [-0.39, 0.29) is 38.9 Å². The molecule has 0 radical (unpaired) electrons. The summed E-state index contributed by atoms with van der Waals surface area (Å²) < 4.78 is 92.7. The van der Waals surface area contributed by atoms with Crippen LogP contribution in [0, 0.1) is 6.92 Å². The highest BCUT2D eigenvalue weighted by molar-refractivity contribution is 7.90. The Morgan fingerprint density at radius 1 is 1.14 bits per heavy atom. The molecule has 2 aromatic heterocycles. The van der Waals surface area contributed by atoms with Gasteiger partial charge in [-0.1, -0.05) is 0 Å². The number of hydrogen-bond acceptors (Lipinski definition) is 4. The molecule has 5 nitrogen and oxygen atoms in total. The molecule has 1 atom stereocenters. The average Bonchev–Trinajstić information content (AvgIpc) is 3.04. The van der Waals surface area contributed by atoms with Crippen molar-refractivity contribution in [1.29, 1.82) is 0 Å². The summed E-state index contributed by atoms with van der Waals surface area (Å²) in [4.78, 5) is 10.6. The summed E-state index contributed by atoms with van der Waals surface area (Å²) in [7, 11) is 0. The Morgan fingerprint density at radius 3 is 2.52 bits per heavy atom. The molecule has 0 aliphatic carbocycles. The fourth-order valence-corrected chi connectivity index (χ4v) is 3.58. The van der Waals surface area contributed by atoms with Gasteiger partial charge < -0.3 is 9.29 Å². The highest BCUT2D eigenvalue weighted by atomic mass is 32.2. The Kier molecular flexibility index (Phi) is 5.68. The van der Waals surface area contributed by atoms with Gasteiger partial charge in [-0.25, -0.2) is 0 Å². The van der Waals surface area contributed by atoms with Crippen molar-refractivity contribution in [3.8, 4) is 5.75 Å². The molecule has 0 amide bonds. The maximum absolute atomic E-state index is 12.8. The fraction of sp³-hybridized carbons (Fsp3) is 0.294. The molecular formula is C17H13F6N3O2S. The summed E-state index contributed by atoms with van der Waals surface area (Å²) in [6.45, 7) is -0.00895. The van der Waals surface area contributed by atoms with Gasteiger partial charge in [0.05, 0.1) is 22.3 Å². The van der Waals surface area contributed by atoms with Gasteiger partial charge in [-0.2, -0.15) is 31.3 Å². The topological polar surface area (TPSA) is 73.9 Å². The van der Waals surface area contributed by atoms with Crippen molar-refractivity contribution in [2.75, 3.05) is 6.61 Å². The van der Waals surface area contributed by atoms with E-state index in [4.69, 9.17) is 4.74 Å². The molecular weight excluding hydrogens is 424 g/mol. The number of pyridine rings is 1. The molecule has 0 spiro atoms. The van der Waals surface area contributed by atoms with Gasteiger partial charge in [0.2, 0.25) is 0 Å². The number of alkyl halides is 6. The molecule has 0 bridgehead atoms. The molecule has 0 saturated carbocycles. The van der Waals surface area contributed by atoms with Gasteiger partial charge in [0, 0.05) is 22.9 Å². The molecule has 3 rings (SSSR count). The van der Waals surface area contributed by atoms with Crippen molar-refractivity contribution >= 4 is 22.2 Å². The van der Waals surface area contributed by atoms with E-state index < -0.39 is 35.7 Å². The predicted octanol–water partition coefficient (Wildman–Crippen LogP) is 4.53. The third-order valence-electron chi connectivity index (χ3n) is 3.92. The summed E-state index contributed by atoms with van der Waals surface area (Å²) in [6.07, 6.45) is -7.83. The number of rotatable bonds is 5. The maximum Gasteiger partial charge on any atom is 0.422 e. The Labute approximate surface area is 163 Å². The van der Waals surface area contributed by atoms with Crippen LogP contribution in [0.25, 0.3) is 11.0 Å². The number of benzene rings is 1. The van der Waals surface area contributed by atoms with Crippen molar-refractivity contribution < 1.29 is 35.6 Å². The number of fused-ring (bicyclic) bond motifs is 1. The van der Waals surface area contributed by atoms with E-state index in [0.29, 0.717) is 0 Å². The Balaban J connectivity index is 1.80. The number of hydrogen-bond donors (Lipinski definition) is 1. The lowest BCUT2D eigenvalue weighted by atomic mass is 10.2. The van der Waals surface area contributed by atoms with E-state index >= 15 is 0 Å². The van der Waals surface area contributed by atoms with Crippen molar-refractivity contribution in [2.24, 2.45) is 0 Å². The molecule has 3 aromatic rings. The van der Waals surface area contributed by atoms with Crippen LogP contribution in [0.2, 0.25) is 0 Å². The lowest BCUT2D eigenvalue weighted by molar-refractivity contribution is -0.153. The molecule has 0 aliphatic heterocycles. The molecule has 156 valence electrons. The first-order chi connectivity index (χ1) is 13.4. The Morgan fingerprint density at radius 2 is 1.86 bits per heavy atom. The molecule has 1 N–H and O–H groups in total. The number of H-pyrrole nitrogens is 1. The molecule has 12 heteroatoms. The first kappa shape index (κ1) is 21.2. The summed E-state index contributed by atoms with van der Waals surface area (Å²) in [5.41, 5.74) is -0.121. The second kappa shape index (κ2) is 7.75. The van der Waals surface area contributed by atoms with E-state index in [1.807, 2.05) is 0 Å². The third-order valence-corrected chi connectivity index (χ3v) is 5.08. The van der Waals surface area contributed by atoms with E-state index in [9.17, 15) is 30.9 Å². The van der Waals surface area contributed by atoms with E-state index in [1.165, 1.54) is 25.3 Å². The van der Waals surface area contributed by atoms with Gasteiger partial charge in [0.25, 0.3) is 0 Å². The van der Waals surface area contributed by atoms with Gasteiger partial charge in [-0.05, 0) is 31.2 Å². The number of imidazole rings is 1. The van der Waals surface area contributed by atoms with Crippen LogP contribution in [0.1, 0.15) is 16.8 Å². The van der Waals surface area contributed by atoms with E-state index in [1.54, 1.807) is 0 Å². The third kappa shape index (κ3) is 5.12. The second-order valence-electron chi connectivity index (χ2n) is 6.05. The Hall–Kier alpha value is -2.47. The summed E-state index contributed by atoms with van der Waals surface area (Å²) >= 11 is -1.82. The summed E-state index contributed by atoms with van der Waals surface area (Å²) in [5, 5.41) is -0.0675. The van der Waals surface area contributed by atoms with Crippen molar-refractivity contribution in [3.05, 3.63) is 47.3 Å². The minimum atomic E-state index is -4.54. The van der Waals surface area contributed by atoms with Gasteiger partial charge >= 0.3 is 17.5 Å². The Bertz CT molecular complexity index is 1020. The van der Waals surface area contributed by atoms with Crippen LogP contribution in [0.3, 0.4) is 0 Å². The van der Waals surface area contributed by atoms with Crippen LogP contribution in [-0.4, -0.2) is 32.3 Å². The SMILES string of the molecule is Cc1c(OCC(F)(F)F)ccnc1C[S+]([O-])c1nc2cc(C(F)(F)F)ccc2[nH]1. The van der Waals surface area contributed by atoms with Crippen molar-refractivity contribution in [3.63, 3.8) is 0 Å². The zero-order valence-electron chi connectivity index (χ0n) is 14.7. The van der Waals surface area contributed by atoms with Gasteiger partial charge in [-0.15, -0.1) is 0 Å². The molecule has 1 aromatic carbocycles. The highest BCUT2D eigenvalue weighted by Gasteiger charge is 2.31. The number of ether oxygens (including phenoxy) is 1. The van der Waals surface area contributed by atoms with Crippen LogP contribution >= 0.6 is 0 Å². The molecule has 2 heterocycles. The average molecular weight is 437 g/mol. The number of halogens is 6. The van der Waals surface area contributed by atoms with E-state index in [0.717, 1.165) is 12.1 Å². The van der Waals surface area contributed by atoms with Crippen LogP contribution in [0.5, 0.6) is 5.75 Å². The number of nitrogens with one attached hydrogen (secondary N) is 1. The predicted molar refractivity (Wildman–Crippen MR) is 91.7 cm³/mol. The number of nitrogens with zero attached hydrogens (tertiary/aromatic N) is 2. The maximum atomic E-state index is 12.8. The molecule has 0 aliphatic rings. The number of aromatic nitrogens is 3. The first-order valence-electron chi connectivity index (χ1n) is 8.03. The first-order valence-corrected chi connectivity index (χ1v) is 9.35. The van der Waals surface area contributed by atoms with Crippen LogP contribution < -0.4 is 4.74 Å². The normalized spacial score (nSPS) is 13.7. The lowest BCUT2D eigenvalue weighted by Crippen LogP contribution is -2.20. The van der Waals surface area contributed by atoms with Crippen LogP contribution in [-0.2, 0) is 23.1 Å². The standard InChI is InChI=1S/C17H13F6N3O2S/c1-9-13(24-5-4-14(9)28-8-16(18,19)20)7-29(27)15-25-11-3-2-10(17(21,22)23)6-12(11)26-15/h2-6H,7-8H2,1H3,(H,25,26). The molecule has 1 unspecified atom stereocenters. The minimum absolute atomic E-state index is 0.00452. The zero-order chi connectivity index (χ0) is 21.4. The molecule has 29 heavy (non-hydrogen) atoms. The summed E-state index contributed by atoms with van der Waals surface area (Å²) in [5.74, 6) is -0.259.